The first-order chi connectivity index (χ1) is 8.95. The molecule has 0 spiro atoms. The van der Waals surface area contributed by atoms with Crippen LogP contribution in [0.2, 0.25) is 0 Å². The zero-order valence-corrected chi connectivity index (χ0v) is 12.0. The first-order valence-electron chi connectivity index (χ1n) is 6.52. The van der Waals surface area contributed by atoms with Crippen molar-refractivity contribution in [3.8, 4) is 0 Å². The highest BCUT2D eigenvalue weighted by molar-refractivity contribution is 5.74. The largest absolute Gasteiger partial charge is 0.396 e. The lowest BCUT2D eigenvalue weighted by Gasteiger charge is -2.19. The number of nitrogens with one attached hydrogen (secondary N) is 2. The average Bonchev–Trinajstić information content (AvgIpc) is 2.69. The zero-order chi connectivity index (χ0) is 14.4. The van der Waals surface area contributed by atoms with Crippen molar-refractivity contribution in [2.45, 2.75) is 40.2 Å². The number of rotatable bonds is 6. The highest BCUT2D eigenvalue weighted by Gasteiger charge is 2.14. The molecule has 108 valence electrons. The van der Waals surface area contributed by atoms with Crippen molar-refractivity contribution >= 4 is 6.03 Å². The van der Waals surface area contributed by atoms with Crippen molar-refractivity contribution in [2.24, 2.45) is 5.92 Å². The van der Waals surface area contributed by atoms with E-state index >= 15 is 0 Å². The summed E-state index contributed by atoms with van der Waals surface area (Å²) in [6, 6.07) is -0.288. The van der Waals surface area contributed by atoms with Gasteiger partial charge in [-0.3, -0.25) is 0 Å². The molecule has 0 aliphatic carbocycles. The highest BCUT2D eigenvalue weighted by Crippen LogP contribution is 2.11. The maximum Gasteiger partial charge on any atom is 0.315 e. The molecule has 2 amide bonds. The van der Waals surface area contributed by atoms with Gasteiger partial charge in [0.25, 0.3) is 0 Å². The van der Waals surface area contributed by atoms with Crippen molar-refractivity contribution in [1.82, 2.24) is 15.8 Å². The van der Waals surface area contributed by atoms with Crippen LogP contribution < -0.4 is 10.6 Å². The monoisotopic (exact) mass is 269 g/mol. The Balaban J connectivity index is 2.32. The van der Waals surface area contributed by atoms with Gasteiger partial charge in [-0.1, -0.05) is 12.1 Å². The van der Waals surface area contributed by atoms with E-state index in [1.54, 1.807) is 0 Å². The van der Waals surface area contributed by atoms with Gasteiger partial charge in [0.15, 0.2) is 0 Å². The fraction of sp³-hybridized carbons (Fsp3) is 0.692. The Kier molecular flexibility index (Phi) is 5.82. The minimum absolute atomic E-state index is 0.0355. The lowest BCUT2D eigenvalue weighted by atomic mass is 10.1. The Morgan fingerprint density at radius 3 is 2.63 bits per heavy atom. The van der Waals surface area contributed by atoms with Crippen LogP contribution in [-0.4, -0.2) is 35.5 Å². The van der Waals surface area contributed by atoms with Crippen LogP contribution >= 0.6 is 0 Å². The summed E-state index contributed by atoms with van der Waals surface area (Å²) in [4.78, 5) is 11.6. The average molecular weight is 269 g/mol. The van der Waals surface area contributed by atoms with Crippen LogP contribution in [-0.2, 0) is 6.42 Å². The highest BCUT2D eigenvalue weighted by atomic mass is 16.5. The molecule has 0 aliphatic heterocycles. The van der Waals surface area contributed by atoms with Gasteiger partial charge in [-0.05, 0) is 33.1 Å². The molecule has 19 heavy (non-hydrogen) atoms. The number of hydrogen-bond donors (Lipinski definition) is 3. The van der Waals surface area contributed by atoms with E-state index in [0.29, 0.717) is 13.0 Å². The Labute approximate surface area is 113 Å². The third-order valence-corrected chi connectivity index (χ3v) is 3.34. The second kappa shape index (κ2) is 7.13. The molecule has 0 radical (unpaired) electrons. The van der Waals surface area contributed by atoms with E-state index in [9.17, 15) is 4.79 Å². The third kappa shape index (κ3) is 4.55. The van der Waals surface area contributed by atoms with Crippen LogP contribution in [0.5, 0.6) is 0 Å². The molecule has 3 N–H and O–H groups in total. The molecule has 1 aromatic rings. The third-order valence-electron chi connectivity index (χ3n) is 3.34. The number of aliphatic hydroxyl groups is 1. The van der Waals surface area contributed by atoms with Gasteiger partial charge in [-0.25, -0.2) is 4.79 Å². The molecule has 0 fully saturated rings. The first kappa shape index (κ1) is 15.5. The first-order valence-corrected chi connectivity index (χ1v) is 6.52. The predicted molar refractivity (Wildman–Crippen MR) is 71.9 cm³/mol. The molecular formula is C13H23N3O3. The van der Waals surface area contributed by atoms with Gasteiger partial charge in [-0.15, -0.1) is 0 Å². The van der Waals surface area contributed by atoms with Crippen molar-refractivity contribution in [3.05, 3.63) is 17.0 Å². The number of aromatic nitrogens is 1. The maximum absolute atomic E-state index is 11.6. The van der Waals surface area contributed by atoms with Gasteiger partial charge in [0.1, 0.15) is 5.76 Å². The van der Waals surface area contributed by atoms with Crippen LogP contribution in [0.1, 0.15) is 30.9 Å². The van der Waals surface area contributed by atoms with Gasteiger partial charge in [0.2, 0.25) is 0 Å². The molecule has 0 saturated carbocycles. The second-order valence-corrected chi connectivity index (χ2v) is 4.90. The lowest BCUT2D eigenvalue weighted by molar-refractivity contribution is 0.200. The number of carbonyl (C=O) groups excluding carboxylic acids is 1. The molecule has 2 unspecified atom stereocenters. The van der Waals surface area contributed by atoms with Crippen molar-refractivity contribution in [3.63, 3.8) is 0 Å². The Morgan fingerprint density at radius 2 is 2.11 bits per heavy atom. The van der Waals surface area contributed by atoms with E-state index < -0.39 is 0 Å². The van der Waals surface area contributed by atoms with Crippen molar-refractivity contribution < 1.29 is 14.4 Å². The second-order valence-electron chi connectivity index (χ2n) is 4.90. The van der Waals surface area contributed by atoms with Crippen molar-refractivity contribution in [2.75, 3.05) is 13.2 Å². The van der Waals surface area contributed by atoms with Gasteiger partial charge in [0, 0.05) is 24.8 Å². The number of carbonyl (C=O) groups is 1. The Hall–Kier alpha value is -1.56. The van der Waals surface area contributed by atoms with Crippen LogP contribution in [0.4, 0.5) is 4.79 Å². The topological polar surface area (TPSA) is 87.4 Å². The van der Waals surface area contributed by atoms with E-state index in [-0.39, 0.29) is 24.6 Å². The Bertz CT molecular complexity index is 398. The number of nitrogens with zero attached hydrogens (tertiary/aromatic N) is 1. The summed E-state index contributed by atoms with van der Waals surface area (Å²) in [5.74, 6) is 0.829. The number of hydrogen-bond acceptors (Lipinski definition) is 4. The van der Waals surface area contributed by atoms with Crippen LogP contribution in [0.15, 0.2) is 4.52 Å². The van der Waals surface area contributed by atoms with E-state index in [2.05, 4.69) is 15.8 Å². The Morgan fingerprint density at radius 1 is 1.42 bits per heavy atom. The molecule has 2 atom stereocenters. The number of aliphatic hydroxyl groups excluding tert-OH is 1. The predicted octanol–water partition coefficient (Wildman–Crippen LogP) is 1.15. The van der Waals surface area contributed by atoms with Crippen LogP contribution in [0.25, 0.3) is 0 Å². The van der Waals surface area contributed by atoms with Crippen molar-refractivity contribution in [1.29, 1.82) is 0 Å². The van der Waals surface area contributed by atoms with E-state index in [0.717, 1.165) is 17.0 Å². The molecule has 6 heteroatoms. The summed E-state index contributed by atoms with van der Waals surface area (Å²) in [5.41, 5.74) is 1.90. The standard InChI is InChI=1S/C13H23N3O3/c1-8(7-17)9(2)15-13(18)14-6-5-12-10(3)16-19-11(12)4/h8-9,17H,5-7H2,1-4H3,(H2,14,15,18). The summed E-state index contributed by atoms with van der Waals surface area (Å²) in [7, 11) is 0. The summed E-state index contributed by atoms with van der Waals surface area (Å²) in [6.07, 6.45) is 0.693. The van der Waals surface area contributed by atoms with Gasteiger partial charge >= 0.3 is 6.03 Å². The lowest BCUT2D eigenvalue weighted by Crippen LogP contribution is -2.44. The fourth-order valence-corrected chi connectivity index (χ4v) is 1.72. The number of aryl methyl sites for hydroxylation is 2. The quantitative estimate of drug-likeness (QED) is 0.723. The molecule has 1 aromatic heterocycles. The van der Waals surface area contributed by atoms with E-state index in [4.69, 9.17) is 9.63 Å². The smallest absolute Gasteiger partial charge is 0.315 e. The molecule has 1 heterocycles. The number of amides is 2. The molecule has 0 saturated heterocycles. The van der Waals surface area contributed by atoms with Crippen LogP contribution in [0, 0.1) is 19.8 Å². The molecule has 0 bridgehead atoms. The SMILES string of the molecule is Cc1noc(C)c1CCNC(=O)NC(C)C(C)CO. The van der Waals surface area contributed by atoms with Crippen LogP contribution in [0.3, 0.4) is 0 Å². The summed E-state index contributed by atoms with van der Waals surface area (Å²) in [6.45, 7) is 8.08. The van der Waals surface area contributed by atoms with Gasteiger partial charge in [-0.2, -0.15) is 0 Å². The van der Waals surface area contributed by atoms with E-state index in [1.165, 1.54) is 0 Å². The van der Waals surface area contributed by atoms with Gasteiger partial charge in [0.05, 0.1) is 5.69 Å². The minimum Gasteiger partial charge on any atom is -0.396 e. The number of urea groups is 1. The summed E-state index contributed by atoms with van der Waals surface area (Å²) in [5, 5.41) is 18.4. The molecule has 0 aromatic carbocycles. The molecular weight excluding hydrogens is 246 g/mol. The fourth-order valence-electron chi connectivity index (χ4n) is 1.72. The molecule has 1 rings (SSSR count). The summed E-state index contributed by atoms with van der Waals surface area (Å²) >= 11 is 0. The minimum atomic E-state index is -0.223. The zero-order valence-electron chi connectivity index (χ0n) is 12.0. The normalized spacial score (nSPS) is 13.9. The molecule has 6 nitrogen and oxygen atoms in total. The van der Waals surface area contributed by atoms with Gasteiger partial charge < -0.3 is 20.3 Å². The van der Waals surface area contributed by atoms with E-state index in [1.807, 2.05) is 27.7 Å². The maximum atomic E-state index is 11.6. The molecule has 0 aliphatic rings. The summed E-state index contributed by atoms with van der Waals surface area (Å²) < 4.78 is 5.06.